The molecule has 26 heavy (non-hydrogen) atoms. The number of rotatable bonds is 2. The van der Waals surface area contributed by atoms with E-state index in [1.54, 1.807) is 6.92 Å². The molecule has 0 unspecified atom stereocenters. The molecule has 0 bridgehead atoms. The molecule has 0 radical (unpaired) electrons. The van der Waals surface area contributed by atoms with Gasteiger partial charge in [-0.1, -0.05) is 0 Å². The Morgan fingerprint density at radius 3 is 1.88 bits per heavy atom. The second-order valence-electron chi connectivity index (χ2n) is 5.75. The van der Waals surface area contributed by atoms with Crippen LogP contribution < -0.4 is 15.1 Å². The van der Waals surface area contributed by atoms with Gasteiger partial charge in [-0.25, -0.2) is 4.79 Å². The van der Waals surface area contributed by atoms with E-state index >= 15 is 0 Å². The number of ether oxygens (including phenoxy) is 2. The molecule has 0 fully saturated rings. The maximum Gasteiger partial charge on any atom is 0.336 e. The lowest BCUT2D eigenvalue weighted by molar-refractivity contribution is -0.132. The highest BCUT2D eigenvalue weighted by Crippen LogP contribution is 2.45. The van der Waals surface area contributed by atoms with Crippen molar-refractivity contribution in [1.29, 1.82) is 0 Å². The van der Waals surface area contributed by atoms with Crippen molar-refractivity contribution >= 4 is 44.8 Å². The lowest BCUT2D eigenvalue weighted by Crippen LogP contribution is -2.02. The van der Waals surface area contributed by atoms with E-state index in [1.807, 2.05) is 0 Å². The maximum atomic E-state index is 11.9. The van der Waals surface area contributed by atoms with Crippen molar-refractivity contribution in [1.82, 2.24) is 0 Å². The van der Waals surface area contributed by atoms with E-state index in [0.717, 1.165) is 0 Å². The summed E-state index contributed by atoms with van der Waals surface area (Å²) in [5.74, 6) is -0.871. The average Bonchev–Trinajstić information content (AvgIpc) is 3.10. The van der Waals surface area contributed by atoms with Crippen molar-refractivity contribution < 1.29 is 32.3 Å². The number of carbonyl (C=O) groups is 2. The van der Waals surface area contributed by atoms with Crippen LogP contribution in [-0.2, 0) is 9.59 Å². The Hall–Kier alpha value is -3.55. The van der Waals surface area contributed by atoms with Gasteiger partial charge in [-0.05, 0) is 12.5 Å². The first-order chi connectivity index (χ1) is 12.4. The van der Waals surface area contributed by atoms with Crippen LogP contribution >= 0.6 is 0 Å². The van der Waals surface area contributed by atoms with Crippen molar-refractivity contribution in [3.8, 4) is 11.5 Å². The van der Waals surface area contributed by atoms with Crippen molar-refractivity contribution in [3.05, 3.63) is 34.6 Å². The number of benzene rings is 1. The summed E-state index contributed by atoms with van der Waals surface area (Å²) < 4.78 is 26.8. The van der Waals surface area contributed by atoms with Crippen LogP contribution in [0.4, 0.5) is 0 Å². The van der Waals surface area contributed by atoms with E-state index in [-0.39, 0.29) is 28.1 Å². The van der Waals surface area contributed by atoms with Crippen LogP contribution in [0.2, 0.25) is 0 Å². The summed E-state index contributed by atoms with van der Waals surface area (Å²) in [6.45, 7) is 4.21. The number of carbonyl (C=O) groups excluding carboxylic acids is 2. The number of esters is 2. The molecule has 4 rings (SSSR count). The number of hydrogen-bond acceptors (Lipinski definition) is 8. The van der Waals surface area contributed by atoms with Crippen LogP contribution in [0.5, 0.6) is 11.5 Å². The van der Waals surface area contributed by atoms with E-state index in [9.17, 15) is 14.4 Å². The SMILES string of the molecule is CC(=O)Oc1coc2c3c(C)cc(=O)oc3c3c(OC(C)=O)coc3c12. The first-order valence-corrected chi connectivity index (χ1v) is 7.62. The van der Waals surface area contributed by atoms with Crippen molar-refractivity contribution in [2.75, 3.05) is 0 Å². The topological polar surface area (TPSA) is 109 Å². The average molecular weight is 356 g/mol. The lowest BCUT2D eigenvalue weighted by Gasteiger charge is -2.05. The molecule has 3 aromatic heterocycles. The van der Waals surface area contributed by atoms with Gasteiger partial charge in [0, 0.05) is 19.9 Å². The first-order valence-electron chi connectivity index (χ1n) is 7.62. The summed E-state index contributed by atoms with van der Waals surface area (Å²) in [6.07, 6.45) is 2.49. The van der Waals surface area contributed by atoms with Crippen molar-refractivity contribution in [2.24, 2.45) is 0 Å². The molecular weight excluding hydrogens is 344 g/mol. The van der Waals surface area contributed by atoms with E-state index < -0.39 is 17.6 Å². The molecule has 0 amide bonds. The van der Waals surface area contributed by atoms with Gasteiger partial charge in [0.15, 0.2) is 28.2 Å². The minimum atomic E-state index is -0.572. The molecule has 0 aliphatic rings. The van der Waals surface area contributed by atoms with Gasteiger partial charge in [-0.15, -0.1) is 0 Å². The van der Waals surface area contributed by atoms with Crippen molar-refractivity contribution in [2.45, 2.75) is 20.8 Å². The van der Waals surface area contributed by atoms with Gasteiger partial charge in [0.05, 0.1) is 5.39 Å². The molecule has 4 aromatic rings. The second kappa shape index (κ2) is 5.48. The van der Waals surface area contributed by atoms with Gasteiger partial charge in [0.1, 0.15) is 23.3 Å². The quantitative estimate of drug-likeness (QED) is 0.397. The summed E-state index contributed by atoms with van der Waals surface area (Å²) in [5.41, 5.74) is 0.710. The van der Waals surface area contributed by atoms with Gasteiger partial charge >= 0.3 is 17.6 Å². The number of fused-ring (bicyclic) bond motifs is 6. The van der Waals surface area contributed by atoms with E-state index in [2.05, 4.69) is 0 Å². The maximum absolute atomic E-state index is 11.9. The molecule has 3 heterocycles. The van der Waals surface area contributed by atoms with E-state index in [0.29, 0.717) is 21.9 Å². The summed E-state index contributed by atoms with van der Waals surface area (Å²) in [5, 5.41) is 1.14. The molecule has 0 aliphatic carbocycles. The smallest absolute Gasteiger partial charge is 0.336 e. The molecule has 132 valence electrons. The lowest BCUT2D eigenvalue weighted by atomic mass is 10.0. The van der Waals surface area contributed by atoms with Crippen molar-refractivity contribution in [3.63, 3.8) is 0 Å². The molecule has 0 atom stereocenters. The van der Waals surface area contributed by atoms with Crippen LogP contribution in [0.15, 0.2) is 36.6 Å². The molecule has 0 saturated heterocycles. The Kier molecular flexibility index (Phi) is 3.36. The normalized spacial score (nSPS) is 11.3. The Bertz CT molecular complexity index is 1270. The molecule has 0 N–H and O–H groups in total. The highest BCUT2D eigenvalue weighted by atomic mass is 16.5. The third kappa shape index (κ3) is 2.26. The zero-order valence-corrected chi connectivity index (χ0v) is 14.0. The van der Waals surface area contributed by atoms with Gasteiger partial charge in [-0.2, -0.15) is 0 Å². The first kappa shape index (κ1) is 15.9. The number of aryl methyl sites for hydroxylation is 1. The molecule has 8 nitrogen and oxygen atoms in total. The van der Waals surface area contributed by atoms with E-state index in [4.69, 9.17) is 22.7 Å². The Balaban J connectivity index is 2.26. The summed E-state index contributed by atoms with van der Waals surface area (Å²) in [6, 6.07) is 1.31. The highest BCUT2D eigenvalue weighted by Gasteiger charge is 2.26. The minimum absolute atomic E-state index is 0.0862. The van der Waals surface area contributed by atoms with Gasteiger partial charge in [-0.3, -0.25) is 9.59 Å². The van der Waals surface area contributed by atoms with Crippen LogP contribution in [-0.4, -0.2) is 11.9 Å². The number of furan rings is 2. The predicted octanol–water partition coefficient (Wildman–Crippen LogP) is 3.44. The summed E-state index contributed by atoms with van der Waals surface area (Å²) >= 11 is 0. The fraction of sp³-hybridized carbons (Fsp3) is 0.167. The zero-order chi connectivity index (χ0) is 18.6. The molecular formula is C18H12O8. The third-order valence-electron chi connectivity index (χ3n) is 3.86. The van der Waals surface area contributed by atoms with E-state index in [1.165, 1.54) is 32.4 Å². The van der Waals surface area contributed by atoms with Gasteiger partial charge in [0.25, 0.3) is 0 Å². The molecule has 0 spiro atoms. The van der Waals surface area contributed by atoms with Gasteiger partial charge in [0.2, 0.25) is 0 Å². The summed E-state index contributed by atoms with van der Waals surface area (Å²) in [4.78, 5) is 34.7. The zero-order valence-electron chi connectivity index (χ0n) is 14.0. The van der Waals surface area contributed by atoms with Crippen LogP contribution in [0.3, 0.4) is 0 Å². The number of hydrogen-bond donors (Lipinski definition) is 0. The summed E-state index contributed by atoms with van der Waals surface area (Å²) in [7, 11) is 0. The molecule has 0 saturated carbocycles. The Morgan fingerprint density at radius 2 is 1.35 bits per heavy atom. The van der Waals surface area contributed by atoms with Gasteiger partial charge < -0.3 is 22.7 Å². The second-order valence-corrected chi connectivity index (χ2v) is 5.75. The predicted molar refractivity (Wildman–Crippen MR) is 89.4 cm³/mol. The third-order valence-corrected chi connectivity index (χ3v) is 3.86. The minimum Gasteiger partial charge on any atom is -0.459 e. The standard InChI is InChI=1S/C18H12O8/c1-7-4-12(21)26-18-13(7)16-14(10(5-22-16)24-8(2)19)17-15(18)11(6-23-17)25-9(3)20/h4-6H,1-3H3. The van der Waals surface area contributed by atoms with Crippen LogP contribution in [0, 0.1) is 6.92 Å². The Labute approximate surface area is 144 Å². The molecule has 8 heteroatoms. The van der Waals surface area contributed by atoms with Crippen LogP contribution in [0.1, 0.15) is 19.4 Å². The fourth-order valence-corrected chi connectivity index (χ4v) is 3.01. The highest BCUT2D eigenvalue weighted by molar-refractivity contribution is 6.24. The Morgan fingerprint density at radius 1 is 0.846 bits per heavy atom. The van der Waals surface area contributed by atoms with Crippen LogP contribution in [0.25, 0.3) is 32.9 Å². The monoisotopic (exact) mass is 356 g/mol. The molecule has 0 aliphatic heterocycles. The molecule has 1 aromatic carbocycles. The largest absolute Gasteiger partial charge is 0.459 e. The fourth-order valence-electron chi connectivity index (χ4n) is 3.01.